The predicted molar refractivity (Wildman–Crippen MR) is 115 cm³/mol. The van der Waals surface area contributed by atoms with Crippen molar-refractivity contribution in [1.82, 2.24) is 0 Å². The van der Waals surface area contributed by atoms with Gasteiger partial charge in [-0.05, 0) is 45.9 Å². The highest BCUT2D eigenvalue weighted by Gasteiger charge is 2.57. The van der Waals surface area contributed by atoms with E-state index in [0.717, 1.165) is 18.4 Å². The SMILES string of the molecule is CCCCSC(CC(=O)OCC)(c1cc(COC)c(C)o1)P(=O)(OCC)OCC. The zero-order valence-electron chi connectivity index (χ0n) is 18.4. The summed E-state index contributed by atoms with van der Waals surface area (Å²) in [5.41, 5.74) is 0.825. The second-order valence-electron chi connectivity index (χ2n) is 6.43. The highest BCUT2D eigenvalue weighted by molar-refractivity contribution is 8.05. The maximum absolute atomic E-state index is 14.1. The molecule has 0 fully saturated rings. The Morgan fingerprint density at radius 2 is 1.83 bits per heavy atom. The van der Waals surface area contributed by atoms with Crippen LogP contribution < -0.4 is 0 Å². The van der Waals surface area contributed by atoms with Gasteiger partial charge in [0, 0.05) is 12.7 Å². The number of hydrogen-bond donors (Lipinski definition) is 0. The Hall–Kier alpha value is -0.790. The first-order valence-corrected chi connectivity index (χ1v) is 12.6. The minimum Gasteiger partial charge on any atom is -0.466 e. The monoisotopic (exact) mass is 450 g/mol. The summed E-state index contributed by atoms with van der Waals surface area (Å²) >= 11 is 1.38. The van der Waals surface area contributed by atoms with Crippen LogP contribution in [0, 0.1) is 6.92 Å². The third-order valence-electron chi connectivity index (χ3n) is 4.27. The Bertz CT molecular complexity index is 666. The molecule has 9 heteroatoms. The topological polar surface area (TPSA) is 84.2 Å². The Morgan fingerprint density at radius 3 is 2.34 bits per heavy atom. The van der Waals surface area contributed by atoms with Gasteiger partial charge in [-0.2, -0.15) is 0 Å². The number of thioether (sulfide) groups is 1. The smallest absolute Gasteiger partial charge is 0.354 e. The highest BCUT2D eigenvalue weighted by atomic mass is 32.2. The fourth-order valence-electron chi connectivity index (χ4n) is 2.91. The van der Waals surface area contributed by atoms with Crippen LogP contribution in [0.4, 0.5) is 0 Å². The number of rotatable bonds is 15. The lowest BCUT2D eigenvalue weighted by Gasteiger charge is -2.36. The molecule has 0 aliphatic rings. The molecule has 7 nitrogen and oxygen atoms in total. The van der Waals surface area contributed by atoms with Gasteiger partial charge < -0.3 is 22.9 Å². The number of methoxy groups -OCH3 is 1. The van der Waals surface area contributed by atoms with Crippen LogP contribution in [-0.2, 0) is 39.0 Å². The molecule has 0 amide bonds. The minimum absolute atomic E-state index is 0.175. The van der Waals surface area contributed by atoms with Gasteiger partial charge in [0.25, 0.3) is 0 Å². The normalized spacial score (nSPS) is 14.0. The Kier molecular flexibility index (Phi) is 11.6. The Balaban J connectivity index is 3.63. The zero-order chi connectivity index (χ0) is 21.9. The lowest BCUT2D eigenvalue weighted by Crippen LogP contribution is -2.29. The van der Waals surface area contributed by atoms with Crippen molar-refractivity contribution in [2.45, 2.75) is 65.0 Å². The van der Waals surface area contributed by atoms with E-state index in [1.807, 2.05) is 6.92 Å². The van der Waals surface area contributed by atoms with Gasteiger partial charge in [-0.25, -0.2) is 0 Å². The van der Waals surface area contributed by atoms with Crippen molar-refractivity contribution in [3.8, 4) is 0 Å². The van der Waals surface area contributed by atoms with E-state index >= 15 is 0 Å². The summed E-state index contributed by atoms with van der Waals surface area (Å²) in [5.74, 6) is 1.23. The Labute approximate surface area is 178 Å². The fourth-order valence-corrected chi connectivity index (χ4v) is 7.24. The molecular weight excluding hydrogens is 415 g/mol. The number of carbonyl (C=O) groups excluding carboxylic acids is 1. The summed E-state index contributed by atoms with van der Waals surface area (Å²) in [6.45, 7) is 10.1. The van der Waals surface area contributed by atoms with Crippen molar-refractivity contribution >= 4 is 25.3 Å². The van der Waals surface area contributed by atoms with Gasteiger partial charge in [-0.1, -0.05) is 13.3 Å². The molecule has 0 aliphatic carbocycles. The van der Waals surface area contributed by atoms with Gasteiger partial charge in [0.05, 0.1) is 32.8 Å². The molecule has 0 aliphatic heterocycles. The maximum atomic E-state index is 14.1. The van der Waals surface area contributed by atoms with E-state index in [1.165, 1.54) is 11.8 Å². The summed E-state index contributed by atoms with van der Waals surface area (Å²) in [4.78, 5) is 12.6. The lowest BCUT2D eigenvalue weighted by molar-refractivity contribution is -0.143. The summed E-state index contributed by atoms with van der Waals surface area (Å²) in [6.07, 6.45) is 1.67. The van der Waals surface area contributed by atoms with Crippen molar-refractivity contribution in [2.75, 3.05) is 32.7 Å². The average Bonchev–Trinajstić information content (AvgIpc) is 3.03. The highest BCUT2D eigenvalue weighted by Crippen LogP contribution is 2.72. The number of aryl methyl sites for hydroxylation is 1. The number of furan rings is 1. The molecule has 1 aromatic rings. The van der Waals surface area contributed by atoms with Crippen LogP contribution in [0.5, 0.6) is 0 Å². The van der Waals surface area contributed by atoms with Crippen molar-refractivity contribution in [1.29, 1.82) is 0 Å². The van der Waals surface area contributed by atoms with Crippen LogP contribution in [0.2, 0.25) is 0 Å². The first-order valence-electron chi connectivity index (χ1n) is 10.1. The molecule has 1 unspecified atom stereocenters. The summed E-state index contributed by atoms with van der Waals surface area (Å²) in [7, 11) is -2.20. The molecule has 0 aromatic carbocycles. The van der Waals surface area contributed by atoms with Gasteiger partial charge in [-0.3, -0.25) is 9.36 Å². The van der Waals surface area contributed by atoms with Gasteiger partial charge in [-0.15, -0.1) is 11.8 Å². The largest absolute Gasteiger partial charge is 0.466 e. The molecule has 168 valence electrons. The van der Waals surface area contributed by atoms with Crippen molar-refractivity contribution < 1.29 is 32.3 Å². The number of ether oxygens (including phenoxy) is 2. The van der Waals surface area contributed by atoms with Crippen LogP contribution >= 0.6 is 19.4 Å². The van der Waals surface area contributed by atoms with Crippen molar-refractivity contribution in [3.63, 3.8) is 0 Å². The number of hydrogen-bond acceptors (Lipinski definition) is 8. The van der Waals surface area contributed by atoms with E-state index in [4.69, 9.17) is 22.9 Å². The second-order valence-corrected chi connectivity index (χ2v) is 10.4. The van der Waals surface area contributed by atoms with Crippen LogP contribution in [0.15, 0.2) is 10.5 Å². The molecule has 0 N–H and O–H groups in total. The fraction of sp³-hybridized carbons (Fsp3) is 0.750. The third kappa shape index (κ3) is 6.59. The quantitative estimate of drug-likeness (QED) is 0.193. The maximum Gasteiger partial charge on any atom is 0.354 e. The molecule has 1 aromatic heterocycles. The summed E-state index contributed by atoms with van der Waals surface area (Å²) in [6, 6.07) is 1.79. The number of unbranched alkanes of at least 4 members (excludes halogenated alkanes) is 1. The predicted octanol–water partition coefficient (Wildman–Crippen LogP) is 5.64. The Morgan fingerprint density at radius 1 is 1.17 bits per heavy atom. The molecule has 1 atom stereocenters. The van der Waals surface area contributed by atoms with Crippen LogP contribution in [0.1, 0.15) is 64.0 Å². The minimum atomic E-state index is -3.80. The molecule has 0 saturated heterocycles. The van der Waals surface area contributed by atoms with Gasteiger partial charge in [0.15, 0.2) is 4.49 Å². The van der Waals surface area contributed by atoms with Crippen LogP contribution in [-0.4, -0.2) is 38.7 Å². The van der Waals surface area contributed by atoms with Crippen LogP contribution in [0.25, 0.3) is 0 Å². The zero-order valence-corrected chi connectivity index (χ0v) is 20.2. The van der Waals surface area contributed by atoms with Crippen molar-refractivity contribution in [2.24, 2.45) is 0 Å². The first-order chi connectivity index (χ1) is 13.8. The molecular formula is C20H35O7PS. The third-order valence-corrected chi connectivity index (χ3v) is 9.11. The molecule has 0 radical (unpaired) electrons. The van der Waals surface area contributed by atoms with E-state index in [-0.39, 0.29) is 26.2 Å². The molecule has 29 heavy (non-hydrogen) atoms. The summed E-state index contributed by atoms with van der Waals surface area (Å²) < 4.78 is 40.7. The van der Waals surface area contributed by atoms with Gasteiger partial charge in [0.2, 0.25) is 0 Å². The second kappa shape index (κ2) is 12.8. The van der Waals surface area contributed by atoms with Gasteiger partial charge in [0.1, 0.15) is 11.5 Å². The van der Waals surface area contributed by atoms with E-state index in [1.54, 1.807) is 33.9 Å². The standard InChI is InChI=1S/C20H35O7PS/c1-7-11-12-29-20(14-19(21)24-8-2,28(22,25-9-3)26-10-4)18-13-17(15-23-6)16(5)27-18/h13H,7-12,14-15H2,1-6H3. The molecule has 0 saturated carbocycles. The lowest BCUT2D eigenvalue weighted by atomic mass is 10.2. The van der Waals surface area contributed by atoms with E-state index in [2.05, 4.69) is 6.92 Å². The van der Waals surface area contributed by atoms with Crippen molar-refractivity contribution in [3.05, 3.63) is 23.2 Å². The van der Waals surface area contributed by atoms with E-state index in [9.17, 15) is 9.36 Å². The molecule has 1 heterocycles. The number of esters is 1. The van der Waals surface area contributed by atoms with E-state index in [0.29, 0.717) is 23.9 Å². The molecule has 0 bridgehead atoms. The number of carbonyl (C=O) groups is 1. The molecule has 0 spiro atoms. The summed E-state index contributed by atoms with van der Waals surface area (Å²) in [5, 5.41) is 0. The molecule has 1 rings (SSSR count). The average molecular weight is 451 g/mol. The first kappa shape index (κ1) is 26.2. The van der Waals surface area contributed by atoms with Gasteiger partial charge >= 0.3 is 13.6 Å². The van der Waals surface area contributed by atoms with Crippen LogP contribution in [0.3, 0.4) is 0 Å². The van der Waals surface area contributed by atoms with E-state index < -0.39 is 18.1 Å².